The summed E-state index contributed by atoms with van der Waals surface area (Å²) in [5.74, 6) is 2.46. The Kier molecular flexibility index (Phi) is 3.39. The molecule has 0 aliphatic carbocycles. The average molecular weight is 248 g/mol. The van der Waals surface area contributed by atoms with Gasteiger partial charge in [-0.1, -0.05) is 13.0 Å². The average Bonchev–Trinajstić information content (AvgIpc) is 2.72. The zero-order valence-electron chi connectivity index (χ0n) is 10.8. The minimum atomic E-state index is 0.351. The van der Waals surface area contributed by atoms with Crippen LogP contribution in [0.25, 0.3) is 0 Å². The summed E-state index contributed by atoms with van der Waals surface area (Å²) >= 11 is 0. The van der Waals surface area contributed by atoms with E-state index in [1.807, 2.05) is 6.07 Å². The molecule has 0 saturated carbocycles. The van der Waals surface area contributed by atoms with E-state index in [1.165, 1.54) is 5.56 Å². The van der Waals surface area contributed by atoms with Crippen molar-refractivity contribution in [2.45, 2.75) is 13.5 Å². The number of hydrogen-bond donors (Lipinski definition) is 1. The van der Waals surface area contributed by atoms with Crippen LogP contribution < -0.4 is 14.8 Å². The van der Waals surface area contributed by atoms with Crippen molar-refractivity contribution in [1.29, 1.82) is 0 Å². The van der Waals surface area contributed by atoms with Crippen molar-refractivity contribution in [3.05, 3.63) is 23.8 Å². The van der Waals surface area contributed by atoms with Crippen LogP contribution in [0.2, 0.25) is 0 Å². The first-order valence-electron chi connectivity index (χ1n) is 6.63. The highest BCUT2D eigenvalue weighted by Gasteiger charge is 2.17. The predicted octanol–water partition coefficient (Wildman–Crippen LogP) is 1.46. The van der Waals surface area contributed by atoms with Gasteiger partial charge >= 0.3 is 0 Å². The summed E-state index contributed by atoms with van der Waals surface area (Å²) in [6.07, 6.45) is 0. The van der Waals surface area contributed by atoms with Crippen molar-refractivity contribution in [1.82, 2.24) is 10.2 Å². The first-order valence-corrected chi connectivity index (χ1v) is 6.63. The van der Waals surface area contributed by atoms with Gasteiger partial charge in [0.25, 0.3) is 0 Å². The molecule has 0 spiro atoms. The SMILES string of the molecule is CC1CNCCN(Cc2ccc3c(c2)OCO3)C1. The van der Waals surface area contributed by atoms with Crippen LogP contribution in [0.4, 0.5) is 0 Å². The maximum Gasteiger partial charge on any atom is 0.231 e. The van der Waals surface area contributed by atoms with E-state index in [-0.39, 0.29) is 0 Å². The Morgan fingerprint density at radius 2 is 2.22 bits per heavy atom. The molecule has 98 valence electrons. The Balaban J connectivity index is 1.68. The van der Waals surface area contributed by atoms with Crippen LogP contribution in [0.3, 0.4) is 0 Å². The molecule has 1 aromatic carbocycles. The van der Waals surface area contributed by atoms with Gasteiger partial charge in [0.2, 0.25) is 6.79 Å². The number of hydrogen-bond acceptors (Lipinski definition) is 4. The van der Waals surface area contributed by atoms with E-state index < -0.39 is 0 Å². The number of fused-ring (bicyclic) bond motifs is 1. The van der Waals surface area contributed by atoms with Crippen molar-refractivity contribution < 1.29 is 9.47 Å². The molecule has 1 aromatic rings. The van der Waals surface area contributed by atoms with E-state index in [0.717, 1.165) is 44.2 Å². The van der Waals surface area contributed by atoms with E-state index >= 15 is 0 Å². The van der Waals surface area contributed by atoms with Gasteiger partial charge in [-0.05, 0) is 30.2 Å². The topological polar surface area (TPSA) is 33.7 Å². The number of benzene rings is 1. The third-order valence-electron chi connectivity index (χ3n) is 3.51. The van der Waals surface area contributed by atoms with Crippen LogP contribution in [0.15, 0.2) is 18.2 Å². The maximum atomic E-state index is 5.42. The lowest BCUT2D eigenvalue weighted by Gasteiger charge is -2.21. The zero-order valence-corrected chi connectivity index (χ0v) is 10.8. The highest BCUT2D eigenvalue weighted by atomic mass is 16.7. The Morgan fingerprint density at radius 1 is 1.33 bits per heavy atom. The van der Waals surface area contributed by atoms with Crippen LogP contribution in [0.1, 0.15) is 12.5 Å². The van der Waals surface area contributed by atoms with Gasteiger partial charge in [0.1, 0.15) is 0 Å². The van der Waals surface area contributed by atoms with Gasteiger partial charge in [0.05, 0.1) is 0 Å². The van der Waals surface area contributed by atoms with Crippen molar-refractivity contribution in [3.8, 4) is 11.5 Å². The third kappa shape index (κ3) is 2.60. The minimum absolute atomic E-state index is 0.351. The molecular formula is C14H20N2O2. The quantitative estimate of drug-likeness (QED) is 0.859. The molecule has 2 aliphatic rings. The Morgan fingerprint density at radius 3 is 3.17 bits per heavy atom. The fraction of sp³-hybridized carbons (Fsp3) is 0.571. The molecule has 4 heteroatoms. The molecule has 1 N–H and O–H groups in total. The molecule has 0 bridgehead atoms. The molecule has 1 atom stereocenters. The second kappa shape index (κ2) is 5.16. The smallest absolute Gasteiger partial charge is 0.231 e. The highest BCUT2D eigenvalue weighted by Crippen LogP contribution is 2.32. The van der Waals surface area contributed by atoms with Crippen molar-refractivity contribution >= 4 is 0 Å². The van der Waals surface area contributed by atoms with Gasteiger partial charge in [0.15, 0.2) is 11.5 Å². The zero-order chi connectivity index (χ0) is 12.4. The largest absolute Gasteiger partial charge is 0.454 e. The summed E-state index contributed by atoms with van der Waals surface area (Å²) in [5.41, 5.74) is 1.30. The molecule has 2 aliphatic heterocycles. The van der Waals surface area contributed by atoms with Gasteiger partial charge in [-0.25, -0.2) is 0 Å². The summed E-state index contributed by atoms with van der Waals surface area (Å²) < 4.78 is 10.8. The van der Waals surface area contributed by atoms with Crippen LogP contribution in [-0.4, -0.2) is 37.9 Å². The molecule has 18 heavy (non-hydrogen) atoms. The van der Waals surface area contributed by atoms with Crippen molar-refractivity contribution in [3.63, 3.8) is 0 Å². The first-order chi connectivity index (χ1) is 8.81. The van der Waals surface area contributed by atoms with E-state index in [9.17, 15) is 0 Å². The summed E-state index contributed by atoms with van der Waals surface area (Å²) in [7, 11) is 0. The molecule has 0 radical (unpaired) electrons. The lowest BCUT2D eigenvalue weighted by atomic mass is 10.1. The molecule has 1 saturated heterocycles. The van der Waals surface area contributed by atoms with Crippen molar-refractivity contribution in [2.75, 3.05) is 33.0 Å². The van der Waals surface area contributed by atoms with Crippen molar-refractivity contribution in [2.24, 2.45) is 5.92 Å². The number of nitrogens with one attached hydrogen (secondary N) is 1. The molecule has 2 heterocycles. The van der Waals surface area contributed by atoms with Crippen LogP contribution in [0.5, 0.6) is 11.5 Å². The predicted molar refractivity (Wildman–Crippen MR) is 69.9 cm³/mol. The molecule has 4 nitrogen and oxygen atoms in total. The highest BCUT2D eigenvalue weighted by molar-refractivity contribution is 5.44. The Labute approximate surface area is 108 Å². The van der Waals surface area contributed by atoms with Crippen LogP contribution >= 0.6 is 0 Å². The van der Waals surface area contributed by atoms with Crippen LogP contribution in [-0.2, 0) is 6.54 Å². The van der Waals surface area contributed by atoms with E-state index in [2.05, 4.69) is 29.3 Å². The maximum absolute atomic E-state index is 5.42. The number of ether oxygens (including phenoxy) is 2. The fourth-order valence-electron chi connectivity index (χ4n) is 2.62. The van der Waals surface area contributed by atoms with E-state index in [1.54, 1.807) is 0 Å². The lowest BCUT2D eigenvalue weighted by molar-refractivity contribution is 0.174. The lowest BCUT2D eigenvalue weighted by Crippen LogP contribution is -2.28. The summed E-state index contributed by atoms with van der Waals surface area (Å²) in [4.78, 5) is 2.50. The second-order valence-electron chi connectivity index (χ2n) is 5.23. The monoisotopic (exact) mass is 248 g/mol. The minimum Gasteiger partial charge on any atom is -0.454 e. The molecule has 0 aromatic heterocycles. The first kappa shape index (κ1) is 11.8. The Hall–Kier alpha value is -1.26. The number of nitrogens with zero attached hydrogens (tertiary/aromatic N) is 1. The second-order valence-corrected chi connectivity index (χ2v) is 5.23. The van der Waals surface area contributed by atoms with Crippen LogP contribution in [0, 0.1) is 5.92 Å². The van der Waals surface area contributed by atoms with Gasteiger partial charge in [-0.2, -0.15) is 0 Å². The molecule has 0 amide bonds. The number of rotatable bonds is 2. The summed E-state index contributed by atoms with van der Waals surface area (Å²) in [6.45, 7) is 8.10. The van der Waals surface area contributed by atoms with Gasteiger partial charge in [-0.3, -0.25) is 4.90 Å². The summed E-state index contributed by atoms with van der Waals surface area (Å²) in [6, 6.07) is 6.25. The molecular weight excluding hydrogens is 228 g/mol. The van der Waals surface area contributed by atoms with Gasteiger partial charge < -0.3 is 14.8 Å². The fourth-order valence-corrected chi connectivity index (χ4v) is 2.62. The standard InChI is InChI=1S/C14H20N2O2/c1-11-7-15-4-5-16(8-11)9-12-2-3-13-14(6-12)18-10-17-13/h2-3,6,11,15H,4-5,7-10H2,1H3. The molecule has 1 unspecified atom stereocenters. The van der Waals surface area contributed by atoms with Gasteiger partial charge in [-0.15, -0.1) is 0 Å². The summed E-state index contributed by atoms with van der Waals surface area (Å²) in [5, 5.41) is 3.47. The van der Waals surface area contributed by atoms with Gasteiger partial charge in [0, 0.05) is 26.2 Å². The third-order valence-corrected chi connectivity index (χ3v) is 3.51. The normalized spacial score (nSPS) is 23.9. The Bertz CT molecular complexity index is 422. The molecule has 1 fully saturated rings. The molecule has 3 rings (SSSR count). The van der Waals surface area contributed by atoms with E-state index in [0.29, 0.717) is 12.7 Å². The van der Waals surface area contributed by atoms with E-state index in [4.69, 9.17) is 9.47 Å².